The number of hydrogen-bond acceptors (Lipinski definition) is 8. The quantitative estimate of drug-likeness (QED) is 0.158. The Labute approximate surface area is 305 Å². The second kappa shape index (κ2) is 14.5. The predicted molar refractivity (Wildman–Crippen MR) is 197 cm³/mol. The molecule has 0 bridgehead atoms. The molecule has 10 atom stereocenters. The van der Waals surface area contributed by atoms with Crippen LogP contribution in [0, 0.1) is 45.3 Å². The van der Waals surface area contributed by atoms with Gasteiger partial charge in [0.1, 0.15) is 6.10 Å². The van der Waals surface area contributed by atoms with Crippen molar-refractivity contribution < 1.29 is 38.8 Å². The number of rotatable bonds is 8. The van der Waals surface area contributed by atoms with E-state index in [0.717, 1.165) is 48.0 Å². The summed E-state index contributed by atoms with van der Waals surface area (Å²) in [6, 6.07) is 10.1. The highest BCUT2D eigenvalue weighted by Gasteiger charge is 2.71. The minimum absolute atomic E-state index is 0.0140. The lowest BCUT2D eigenvalue weighted by molar-refractivity contribution is -0.234. The zero-order chi connectivity index (χ0) is 37.7. The Hall–Kier alpha value is -2.97. The van der Waals surface area contributed by atoms with Gasteiger partial charge in [0.25, 0.3) is 0 Å². The molecule has 0 radical (unpaired) electrons. The summed E-state index contributed by atoms with van der Waals surface area (Å²) < 4.78 is 17.2. The monoisotopic (exact) mass is 706 g/mol. The maximum atomic E-state index is 14.3. The summed E-state index contributed by atoms with van der Waals surface area (Å²) in [6.45, 7) is 19.3. The van der Waals surface area contributed by atoms with Crippen molar-refractivity contribution in [3.8, 4) is 0 Å². The molecule has 1 aromatic carbocycles. The Kier molecular flexibility index (Phi) is 11.1. The average molecular weight is 707 g/mol. The van der Waals surface area contributed by atoms with Gasteiger partial charge in [-0.3, -0.25) is 9.59 Å². The van der Waals surface area contributed by atoms with Crippen LogP contribution in [0.4, 0.5) is 0 Å². The highest BCUT2D eigenvalue weighted by molar-refractivity contribution is 5.90. The van der Waals surface area contributed by atoms with Crippen molar-refractivity contribution in [1.82, 2.24) is 0 Å². The van der Waals surface area contributed by atoms with Gasteiger partial charge >= 0.3 is 17.9 Å². The Morgan fingerprint density at radius 2 is 1.55 bits per heavy atom. The first-order valence-corrected chi connectivity index (χ1v) is 19.1. The lowest BCUT2D eigenvalue weighted by atomic mass is 9.36. The van der Waals surface area contributed by atoms with Gasteiger partial charge in [-0.15, -0.1) is 0 Å². The smallest absolute Gasteiger partial charge is 0.336 e. The second-order valence-corrected chi connectivity index (χ2v) is 18.1. The molecule has 5 rings (SSSR count). The number of aliphatic hydroxyl groups excluding tert-OH is 2. The van der Waals surface area contributed by atoms with Crippen LogP contribution in [0.1, 0.15) is 126 Å². The highest BCUT2D eigenvalue weighted by Crippen LogP contribution is 2.74. The number of hydrogen-bond donors (Lipinski definition) is 2. The zero-order valence-electron chi connectivity index (χ0n) is 32.6. The van der Waals surface area contributed by atoms with E-state index in [1.165, 1.54) is 6.92 Å². The molecule has 2 N–H and O–H groups in total. The molecule has 0 saturated heterocycles. The van der Waals surface area contributed by atoms with Crippen LogP contribution >= 0.6 is 0 Å². The maximum absolute atomic E-state index is 14.3. The summed E-state index contributed by atoms with van der Waals surface area (Å²) >= 11 is 0. The Morgan fingerprint density at radius 3 is 2.16 bits per heavy atom. The first-order valence-electron chi connectivity index (χ1n) is 19.1. The van der Waals surface area contributed by atoms with E-state index >= 15 is 0 Å². The van der Waals surface area contributed by atoms with Crippen LogP contribution in [0.2, 0.25) is 0 Å². The SMILES string of the molecule is CC(=O)O[C@H]1C[C@@]2(C)C(C[C@@H](O)[C@H]3[C@@]4(C)CC[C@@H](O)[C@@H](C)C4CC[C@@]32C)/C1=C(\CCC(=C(C)C)c1ccccc1)C(=O)OCOC(=O)C(C)(C)C. The number of allylic oxidation sites excluding steroid dienone is 2. The number of carbonyl (C=O) groups excluding carboxylic acids is 3. The first-order chi connectivity index (χ1) is 23.8. The van der Waals surface area contributed by atoms with Gasteiger partial charge in [-0.2, -0.15) is 0 Å². The summed E-state index contributed by atoms with van der Waals surface area (Å²) in [5.41, 5.74) is 2.84. The van der Waals surface area contributed by atoms with Gasteiger partial charge in [0.15, 0.2) is 0 Å². The Morgan fingerprint density at radius 1 is 0.882 bits per heavy atom. The van der Waals surface area contributed by atoms with Gasteiger partial charge in [-0.1, -0.05) is 63.6 Å². The summed E-state index contributed by atoms with van der Waals surface area (Å²) in [6.07, 6.45) is 3.60. The van der Waals surface area contributed by atoms with Crippen molar-refractivity contribution in [3.63, 3.8) is 0 Å². The molecule has 2 unspecified atom stereocenters. The minimum Gasteiger partial charge on any atom is -0.458 e. The van der Waals surface area contributed by atoms with E-state index in [2.05, 4.69) is 53.7 Å². The van der Waals surface area contributed by atoms with Crippen molar-refractivity contribution >= 4 is 23.5 Å². The van der Waals surface area contributed by atoms with Crippen LogP contribution in [-0.4, -0.2) is 53.2 Å². The van der Waals surface area contributed by atoms with Crippen molar-refractivity contribution in [3.05, 3.63) is 52.6 Å². The average Bonchev–Trinajstić information content (AvgIpc) is 3.31. The van der Waals surface area contributed by atoms with Crippen LogP contribution < -0.4 is 0 Å². The fraction of sp³-hybridized carbons (Fsp3) is 0.698. The highest BCUT2D eigenvalue weighted by atomic mass is 16.7. The molecule has 4 aliphatic carbocycles. The van der Waals surface area contributed by atoms with Gasteiger partial charge in [0.2, 0.25) is 6.79 Å². The van der Waals surface area contributed by atoms with Crippen LogP contribution in [0.15, 0.2) is 47.1 Å². The fourth-order valence-electron chi connectivity index (χ4n) is 11.3. The molecular formula is C43H62O8. The lowest BCUT2D eigenvalue weighted by Crippen LogP contribution is -2.65. The largest absolute Gasteiger partial charge is 0.458 e. The van der Waals surface area contributed by atoms with Crippen LogP contribution in [0.5, 0.6) is 0 Å². The van der Waals surface area contributed by atoms with Crippen molar-refractivity contribution in [2.75, 3.05) is 6.79 Å². The minimum atomic E-state index is -0.760. The third-order valence-electron chi connectivity index (χ3n) is 14.0. The number of esters is 3. The predicted octanol–water partition coefficient (Wildman–Crippen LogP) is 8.20. The van der Waals surface area contributed by atoms with E-state index in [4.69, 9.17) is 14.2 Å². The van der Waals surface area contributed by atoms with Crippen molar-refractivity contribution in [2.24, 2.45) is 45.3 Å². The molecule has 4 aliphatic rings. The Balaban J connectivity index is 1.60. The standard InChI is InChI=1S/C43H62O8/c1-25(2)29(28-14-12-11-13-15-28)16-17-30(38(47)49-24-50-39(48)40(5,6)7)36-32-22-34(46)37-41(8)20-19-33(45)26(3)31(41)18-21-42(37,9)43(32,10)23-35(36)51-27(4)44/h11-15,26,31-35,37,45-46H,16-24H2,1-10H3/b36-30-/t26-,31?,32?,33+,34+,35-,37-,41-,42-,43-/m0/s1. The van der Waals surface area contributed by atoms with E-state index in [1.54, 1.807) is 20.8 Å². The number of carbonyl (C=O) groups is 3. The molecule has 51 heavy (non-hydrogen) atoms. The molecular weight excluding hydrogens is 644 g/mol. The van der Waals surface area contributed by atoms with E-state index in [-0.39, 0.29) is 34.7 Å². The maximum Gasteiger partial charge on any atom is 0.336 e. The number of aliphatic hydroxyl groups is 2. The summed E-state index contributed by atoms with van der Waals surface area (Å²) in [5, 5.41) is 23.2. The normalized spacial score (nSPS) is 36.9. The van der Waals surface area contributed by atoms with Crippen molar-refractivity contribution in [2.45, 2.75) is 139 Å². The number of benzene rings is 1. The molecule has 8 heteroatoms. The molecule has 0 amide bonds. The zero-order valence-corrected chi connectivity index (χ0v) is 32.6. The molecule has 1 aromatic rings. The van der Waals surface area contributed by atoms with Crippen LogP contribution in [0.25, 0.3) is 5.57 Å². The third kappa shape index (κ3) is 7.08. The number of fused-ring (bicyclic) bond motifs is 5. The van der Waals surface area contributed by atoms with Gasteiger partial charge < -0.3 is 24.4 Å². The Bertz CT molecular complexity index is 1550. The van der Waals surface area contributed by atoms with E-state index in [0.29, 0.717) is 37.2 Å². The van der Waals surface area contributed by atoms with E-state index < -0.39 is 47.7 Å². The first kappa shape index (κ1) is 39.2. The lowest BCUT2D eigenvalue weighted by Gasteiger charge is -2.69. The van der Waals surface area contributed by atoms with E-state index in [1.807, 2.05) is 18.2 Å². The topological polar surface area (TPSA) is 119 Å². The van der Waals surface area contributed by atoms with E-state index in [9.17, 15) is 24.6 Å². The van der Waals surface area contributed by atoms with Crippen molar-refractivity contribution in [1.29, 1.82) is 0 Å². The van der Waals surface area contributed by atoms with Gasteiger partial charge in [0, 0.05) is 12.5 Å². The number of ether oxygens (including phenoxy) is 3. The molecule has 0 aliphatic heterocycles. The molecule has 4 saturated carbocycles. The molecule has 0 spiro atoms. The summed E-state index contributed by atoms with van der Waals surface area (Å²) in [4.78, 5) is 39.7. The van der Waals surface area contributed by atoms with Gasteiger partial charge in [-0.25, -0.2) is 4.79 Å². The van der Waals surface area contributed by atoms with Crippen LogP contribution in [-0.2, 0) is 28.6 Å². The molecule has 4 fully saturated rings. The molecule has 8 nitrogen and oxygen atoms in total. The summed E-state index contributed by atoms with van der Waals surface area (Å²) in [5.74, 6) is -1.29. The molecule has 0 heterocycles. The fourth-order valence-corrected chi connectivity index (χ4v) is 11.3. The summed E-state index contributed by atoms with van der Waals surface area (Å²) in [7, 11) is 0. The third-order valence-corrected chi connectivity index (χ3v) is 14.0. The molecule has 282 valence electrons. The molecule has 0 aromatic heterocycles. The van der Waals surface area contributed by atoms with Crippen LogP contribution in [0.3, 0.4) is 0 Å². The van der Waals surface area contributed by atoms with Gasteiger partial charge in [0.05, 0.1) is 17.6 Å². The van der Waals surface area contributed by atoms with Gasteiger partial charge in [-0.05, 0) is 143 Å². The second-order valence-electron chi connectivity index (χ2n) is 18.1.